The van der Waals surface area contributed by atoms with Crippen molar-refractivity contribution in [3.63, 3.8) is 0 Å². The second-order valence-corrected chi connectivity index (χ2v) is 6.05. The largest absolute Gasteiger partial charge is 0.396 e. The zero-order valence-corrected chi connectivity index (χ0v) is 11.4. The molecule has 1 saturated heterocycles. The number of piperidine rings is 1. The summed E-state index contributed by atoms with van der Waals surface area (Å²) in [6, 6.07) is 1.18. The van der Waals surface area contributed by atoms with Crippen molar-refractivity contribution in [3.8, 4) is 0 Å². The minimum absolute atomic E-state index is 0.328. The van der Waals surface area contributed by atoms with Crippen LogP contribution in [0.5, 0.6) is 0 Å². The van der Waals surface area contributed by atoms with Gasteiger partial charge in [0, 0.05) is 18.7 Å². The van der Waals surface area contributed by atoms with Crippen LogP contribution in [0.1, 0.15) is 39.0 Å². The van der Waals surface area contributed by atoms with Gasteiger partial charge < -0.3 is 15.3 Å². The fourth-order valence-electron chi connectivity index (χ4n) is 3.10. The number of aliphatic hydroxyl groups is 1. The standard InChI is InChI=1S/C14H28N2O/c1-11(12-5-8-16(2)9-6-12)15-14(7-10-17)13-3-4-13/h11-15,17H,3-10H2,1-2H3. The summed E-state index contributed by atoms with van der Waals surface area (Å²) in [5.74, 6) is 1.67. The molecule has 3 heteroatoms. The number of likely N-dealkylation sites (tertiary alicyclic amines) is 1. The van der Waals surface area contributed by atoms with Gasteiger partial charge in [0.1, 0.15) is 0 Å². The van der Waals surface area contributed by atoms with E-state index >= 15 is 0 Å². The number of aliphatic hydroxyl groups excluding tert-OH is 1. The molecule has 2 aliphatic rings. The van der Waals surface area contributed by atoms with Crippen molar-refractivity contribution in [2.24, 2.45) is 11.8 Å². The monoisotopic (exact) mass is 240 g/mol. The third-order valence-corrected chi connectivity index (χ3v) is 4.58. The Bertz CT molecular complexity index is 222. The highest BCUT2D eigenvalue weighted by Gasteiger charge is 2.33. The normalized spacial score (nSPS) is 27.0. The summed E-state index contributed by atoms with van der Waals surface area (Å²) < 4.78 is 0. The van der Waals surface area contributed by atoms with Crippen LogP contribution in [0.3, 0.4) is 0 Å². The molecule has 0 amide bonds. The van der Waals surface area contributed by atoms with E-state index in [-0.39, 0.29) is 0 Å². The first-order valence-electron chi connectivity index (χ1n) is 7.26. The summed E-state index contributed by atoms with van der Waals surface area (Å²) in [5.41, 5.74) is 0. The zero-order valence-electron chi connectivity index (χ0n) is 11.4. The molecule has 2 atom stereocenters. The van der Waals surface area contributed by atoms with Gasteiger partial charge in [0.05, 0.1) is 0 Å². The van der Waals surface area contributed by atoms with E-state index < -0.39 is 0 Å². The SMILES string of the molecule is CC(NC(CCO)C1CC1)C1CCN(C)CC1. The van der Waals surface area contributed by atoms with Crippen molar-refractivity contribution >= 4 is 0 Å². The Morgan fingerprint density at radius 3 is 2.35 bits per heavy atom. The van der Waals surface area contributed by atoms with E-state index in [1.165, 1.54) is 38.8 Å². The van der Waals surface area contributed by atoms with Gasteiger partial charge in [0.25, 0.3) is 0 Å². The summed E-state index contributed by atoms with van der Waals surface area (Å²) in [4.78, 5) is 2.43. The average molecular weight is 240 g/mol. The highest BCUT2D eigenvalue weighted by atomic mass is 16.3. The molecule has 3 nitrogen and oxygen atoms in total. The van der Waals surface area contributed by atoms with Crippen molar-refractivity contribution in [2.45, 2.75) is 51.1 Å². The summed E-state index contributed by atoms with van der Waals surface area (Å²) in [6.45, 7) is 5.15. The van der Waals surface area contributed by atoms with Gasteiger partial charge in [-0.25, -0.2) is 0 Å². The molecular weight excluding hydrogens is 212 g/mol. The van der Waals surface area contributed by atoms with E-state index in [2.05, 4.69) is 24.2 Å². The molecule has 0 radical (unpaired) electrons. The molecule has 1 saturated carbocycles. The number of rotatable bonds is 6. The molecule has 17 heavy (non-hydrogen) atoms. The van der Waals surface area contributed by atoms with Crippen molar-refractivity contribution < 1.29 is 5.11 Å². The van der Waals surface area contributed by atoms with E-state index in [1.807, 2.05) is 0 Å². The van der Waals surface area contributed by atoms with Gasteiger partial charge in [0.2, 0.25) is 0 Å². The maximum Gasteiger partial charge on any atom is 0.0445 e. The molecule has 100 valence electrons. The van der Waals surface area contributed by atoms with Crippen LogP contribution in [0.2, 0.25) is 0 Å². The van der Waals surface area contributed by atoms with Gasteiger partial charge in [0.15, 0.2) is 0 Å². The number of nitrogens with zero attached hydrogens (tertiary/aromatic N) is 1. The third kappa shape index (κ3) is 3.94. The zero-order chi connectivity index (χ0) is 12.3. The Morgan fingerprint density at radius 2 is 1.82 bits per heavy atom. The molecule has 1 aliphatic carbocycles. The summed E-state index contributed by atoms with van der Waals surface area (Å²) in [6.07, 6.45) is 6.29. The maximum absolute atomic E-state index is 9.12. The summed E-state index contributed by atoms with van der Waals surface area (Å²) in [7, 11) is 2.22. The highest BCUT2D eigenvalue weighted by Crippen LogP contribution is 2.34. The quantitative estimate of drug-likeness (QED) is 0.738. The first-order valence-corrected chi connectivity index (χ1v) is 7.26. The predicted molar refractivity (Wildman–Crippen MR) is 71.0 cm³/mol. The third-order valence-electron chi connectivity index (χ3n) is 4.58. The lowest BCUT2D eigenvalue weighted by Crippen LogP contribution is -2.45. The Hall–Kier alpha value is -0.120. The van der Waals surface area contributed by atoms with E-state index in [0.29, 0.717) is 18.7 Å². The van der Waals surface area contributed by atoms with Crippen molar-refractivity contribution in [1.29, 1.82) is 0 Å². The number of hydrogen-bond donors (Lipinski definition) is 2. The number of hydrogen-bond acceptors (Lipinski definition) is 3. The van der Waals surface area contributed by atoms with Crippen molar-refractivity contribution in [3.05, 3.63) is 0 Å². The minimum atomic E-state index is 0.328. The first-order chi connectivity index (χ1) is 8.20. The van der Waals surface area contributed by atoms with Crippen LogP contribution in [0, 0.1) is 11.8 Å². The van der Waals surface area contributed by atoms with E-state index in [9.17, 15) is 0 Å². The van der Waals surface area contributed by atoms with Gasteiger partial charge in [-0.1, -0.05) is 0 Å². The van der Waals surface area contributed by atoms with Crippen molar-refractivity contribution in [2.75, 3.05) is 26.7 Å². The first kappa shape index (κ1) is 13.3. The van der Waals surface area contributed by atoms with Crippen LogP contribution in [0.4, 0.5) is 0 Å². The maximum atomic E-state index is 9.12. The second kappa shape index (κ2) is 6.17. The van der Waals surface area contributed by atoms with Gasteiger partial charge in [-0.15, -0.1) is 0 Å². The van der Waals surface area contributed by atoms with Crippen molar-refractivity contribution in [1.82, 2.24) is 10.2 Å². The lowest BCUT2D eigenvalue weighted by molar-refractivity contribution is 0.173. The van der Waals surface area contributed by atoms with Gasteiger partial charge in [-0.05, 0) is 71.0 Å². The van der Waals surface area contributed by atoms with E-state index in [4.69, 9.17) is 5.11 Å². The van der Waals surface area contributed by atoms with Gasteiger partial charge in [-0.3, -0.25) is 0 Å². The van der Waals surface area contributed by atoms with Crippen LogP contribution in [-0.2, 0) is 0 Å². The lowest BCUT2D eigenvalue weighted by Gasteiger charge is -2.35. The Balaban J connectivity index is 1.76. The van der Waals surface area contributed by atoms with Gasteiger partial charge >= 0.3 is 0 Å². The molecule has 0 aromatic carbocycles. The molecule has 1 aliphatic heterocycles. The van der Waals surface area contributed by atoms with Crippen LogP contribution in [-0.4, -0.2) is 48.8 Å². The highest BCUT2D eigenvalue weighted by molar-refractivity contribution is 4.89. The van der Waals surface area contributed by atoms with Crippen LogP contribution >= 0.6 is 0 Å². The number of nitrogens with one attached hydrogen (secondary N) is 1. The fraction of sp³-hybridized carbons (Fsp3) is 1.00. The summed E-state index contributed by atoms with van der Waals surface area (Å²) in [5, 5.41) is 12.9. The molecule has 0 aromatic heterocycles. The Morgan fingerprint density at radius 1 is 1.18 bits per heavy atom. The Labute approximate surface area is 106 Å². The predicted octanol–water partition coefficient (Wildman–Crippen LogP) is 1.47. The smallest absolute Gasteiger partial charge is 0.0445 e. The van der Waals surface area contributed by atoms with Crippen LogP contribution in [0.25, 0.3) is 0 Å². The summed E-state index contributed by atoms with van der Waals surface area (Å²) >= 11 is 0. The van der Waals surface area contributed by atoms with E-state index in [0.717, 1.165) is 18.3 Å². The molecule has 1 heterocycles. The van der Waals surface area contributed by atoms with Crippen LogP contribution in [0.15, 0.2) is 0 Å². The topological polar surface area (TPSA) is 35.5 Å². The molecule has 0 bridgehead atoms. The molecular formula is C14H28N2O. The molecule has 0 spiro atoms. The lowest BCUT2D eigenvalue weighted by atomic mass is 9.89. The molecule has 2 fully saturated rings. The Kier molecular flexibility index (Phi) is 4.83. The second-order valence-electron chi connectivity index (χ2n) is 6.05. The van der Waals surface area contributed by atoms with E-state index in [1.54, 1.807) is 0 Å². The molecule has 2 N–H and O–H groups in total. The molecule has 2 rings (SSSR count). The van der Waals surface area contributed by atoms with Gasteiger partial charge in [-0.2, -0.15) is 0 Å². The average Bonchev–Trinajstić information content (AvgIpc) is 3.13. The minimum Gasteiger partial charge on any atom is -0.396 e. The molecule has 0 aromatic rings. The molecule has 2 unspecified atom stereocenters. The van der Waals surface area contributed by atoms with Crippen LogP contribution < -0.4 is 5.32 Å². The fourth-order valence-corrected chi connectivity index (χ4v) is 3.10.